The molecule has 5 nitrogen and oxygen atoms in total. The van der Waals surface area contributed by atoms with Crippen LogP contribution in [0.2, 0.25) is 0 Å². The van der Waals surface area contributed by atoms with E-state index >= 15 is 0 Å². The molecule has 0 aromatic carbocycles. The van der Waals surface area contributed by atoms with Gasteiger partial charge in [0.05, 0.1) is 0 Å². The zero-order valence-electron chi connectivity index (χ0n) is 10.9. The van der Waals surface area contributed by atoms with Gasteiger partial charge in [0.2, 0.25) is 0 Å². The summed E-state index contributed by atoms with van der Waals surface area (Å²) >= 11 is 0. The molecule has 96 valence electrons. The predicted molar refractivity (Wildman–Crippen MR) is 67.9 cm³/mol. The van der Waals surface area contributed by atoms with E-state index in [0.29, 0.717) is 12.5 Å². The lowest BCUT2D eigenvalue weighted by atomic mass is 10.2. The van der Waals surface area contributed by atoms with Gasteiger partial charge in [0.25, 0.3) is 0 Å². The monoisotopic (exact) mass is 230 g/mol. The first-order valence-corrected chi connectivity index (χ1v) is 5.87. The van der Waals surface area contributed by atoms with Crippen molar-refractivity contribution in [2.45, 2.75) is 45.7 Å². The van der Waals surface area contributed by atoms with Gasteiger partial charge in [-0.1, -0.05) is 5.16 Å². The minimum atomic E-state index is 0.250. The topological polar surface area (TPSA) is 73.9 Å². The fourth-order valence-corrected chi connectivity index (χ4v) is 1.36. The Morgan fingerprint density at radius 2 is 2.06 bits per heavy atom. The van der Waals surface area contributed by atoms with Crippen LogP contribution in [-0.4, -0.2) is 48.2 Å². The summed E-state index contributed by atoms with van der Waals surface area (Å²) in [6.45, 7) is 8.45. The summed E-state index contributed by atoms with van der Waals surface area (Å²) in [5.41, 5.74) is 5.42. The Bertz CT molecular complexity index is 206. The molecule has 0 radical (unpaired) electrons. The van der Waals surface area contributed by atoms with Gasteiger partial charge >= 0.3 is 0 Å². The minimum absolute atomic E-state index is 0.250. The first-order valence-electron chi connectivity index (χ1n) is 5.87. The molecule has 0 amide bonds. The summed E-state index contributed by atoms with van der Waals surface area (Å²) in [7, 11) is 2.13. The number of nitrogens with one attached hydrogen (secondary N) is 1. The lowest BCUT2D eigenvalue weighted by Gasteiger charge is -2.21. The van der Waals surface area contributed by atoms with E-state index in [9.17, 15) is 0 Å². The van der Waals surface area contributed by atoms with Crippen molar-refractivity contribution in [2.24, 2.45) is 10.9 Å². The first kappa shape index (κ1) is 15.2. The maximum Gasteiger partial charge on any atom is 0.140 e. The van der Waals surface area contributed by atoms with Crippen LogP contribution in [0.25, 0.3) is 0 Å². The highest BCUT2D eigenvalue weighted by atomic mass is 16.4. The fourth-order valence-electron chi connectivity index (χ4n) is 1.36. The van der Waals surface area contributed by atoms with Gasteiger partial charge in [-0.05, 0) is 47.3 Å². The molecule has 0 aromatic rings. The van der Waals surface area contributed by atoms with Crippen LogP contribution in [0.1, 0.15) is 33.6 Å². The van der Waals surface area contributed by atoms with Crippen molar-refractivity contribution < 1.29 is 5.21 Å². The third kappa shape index (κ3) is 7.48. The van der Waals surface area contributed by atoms with Crippen LogP contribution in [0.5, 0.6) is 0 Å². The Morgan fingerprint density at radius 1 is 1.44 bits per heavy atom. The largest absolute Gasteiger partial charge is 0.409 e. The molecule has 0 saturated heterocycles. The summed E-state index contributed by atoms with van der Waals surface area (Å²) in [4.78, 5) is 2.32. The van der Waals surface area contributed by atoms with Gasteiger partial charge in [-0.2, -0.15) is 0 Å². The second-order valence-corrected chi connectivity index (χ2v) is 4.58. The molecule has 0 saturated carbocycles. The molecule has 5 heteroatoms. The predicted octanol–water partition coefficient (Wildman–Crippen LogP) is 0.831. The second-order valence-electron chi connectivity index (χ2n) is 4.58. The summed E-state index contributed by atoms with van der Waals surface area (Å²) in [5.74, 6) is 0.277. The molecule has 0 heterocycles. The number of hydrogen-bond donors (Lipinski definition) is 3. The zero-order valence-corrected chi connectivity index (χ0v) is 10.9. The number of rotatable bonds is 8. The van der Waals surface area contributed by atoms with Crippen molar-refractivity contribution in [3.63, 3.8) is 0 Å². The highest BCUT2D eigenvalue weighted by Gasteiger charge is 2.05. The Hall–Kier alpha value is -0.810. The summed E-state index contributed by atoms with van der Waals surface area (Å²) in [5, 5.41) is 14.7. The molecule has 0 aliphatic rings. The Balaban J connectivity index is 3.51. The first-order chi connectivity index (χ1) is 7.47. The van der Waals surface area contributed by atoms with E-state index in [1.165, 1.54) is 0 Å². The number of nitrogens with zero attached hydrogens (tertiary/aromatic N) is 2. The number of oxime groups is 1. The van der Waals surface area contributed by atoms with Crippen molar-refractivity contribution in [2.75, 3.05) is 20.1 Å². The van der Waals surface area contributed by atoms with E-state index in [-0.39, 0.29) is 11.9 Å². The lowest BCUT2D eigenvalue weighted by Crippen LogP contribution is -2.34. The van der Waals surface area contributed by atoms with Gasteiger partial charge < -0.3 is 21.2 Å². The van der Waals surface area contributed by atoms with Gasteiger partial charge in [0.1, 0.15) is 5.84 Å². The maximum atomic E-state index is 8.42. The molecule has 1 atom stereocenters. The molecule has 1 unspecified atom stereocenters. The molecule has 16 heavy (non-hydrogen) atoms. The van der Waals surface area contributed by atoms with Crippen LogP contribution in [0.4, 0.5) is 0 Å². The lowest BCUT2D eigenvalue weighted by molar-refractivity contribution is 0.268. The van der Waals surface area contributed by atoms with Crippen LogP contribution < -0.4 is 11.1 Å². The van der Waals surface area contributed by atoms with E-state index < -0.39 is 0 Å². The van der Waals surface area contributed by atoms with E-state index in [4.69, 9.17) is 10.9 Å². The van der Waals surface area contributed by atoms with Gasteiger partial charge in [0, 0.05) is 18.5 Å². The van der Waals surface area contributed by atoms with Crippen molar-refractivity contribution in [1.29, 1.82) is 0 Å². The molecule has 0 rings (SSSR count). The van der Waals surface area contributed by atoms with Gasteiger partial charge in [0.15, 0.2) is 0 Å². The van der Waals surface area contributed by atoms with E-state index in [0.717, 1.165) is 19.5 Å². The molecule has 0 aliphatic heterocycles. The maximum absolute atomic E-state index is 8.42. The number of amidine groups is 1. The molecule has 0 aliphatic carbocycles. The fraction of sp³-hybridized carbons (Fsp3) is 0.909. The van der Waals surface area contributed by atoms with Gasteiger partial charge in [-0.3, -0.25) is 0 Å². The SMILES string of the molecule is CC(CC(N)=NO)NCCCN(C)C(C)C. The Morgan fingerprint density at radius 3 is 2.56 bits per heavy atom. The van der Waals surface area contributed by atoms with Crippen LogP contribution >= 0.6 is 0 Å². The van der Waals surface area contributed by atoms with E-state index in [2.05, 4.69) is 36.3 Å². The molecule has 0 bridgehead atoms. The average molecular weight is 230 g/mol. The van der Waals surface area contributed by atoms with Gasteiger partial charge in [-0.15, -0.1) is 0 Å². The second kappa shape index (κ2) is 8.35. The van der Waals surface area contributed by atoms with Crippen molar-refractivity contribution >= 4 is 5.84 Å². The third-order valence-corrected chi connectivity index (χ3v) is 2.71. The quantitative estimate of drug-likeness (QED) is 0.190. The molecular weight excluding hydrogens is 204 g/mol. The van der Waals surface area contributed by atoms with Crippen LogP contribution in [0.15, 0.2) is 5.16 Å². The Labute approximate surface area is 98.7 Å². The summed E-state index contributed by atoms with van der Waals surface area (Å²) in [6.07, 6.45) is 1.69. The highest BCUT2D eigenvalue weighted by molar-refractivity contribution is 5.80. The zero-order chi connectivity index (χ0) is 12.6. The third-order valence-electron chi connectivity index (χ3n) is 2.71. The smallest absolute Gasteiger partial charge is 0.140 e. The van der Waals surface area contributed by atoms with Crippen molar-refractivity contribution in [3.8, 4) is 0 Å². The molecule has 0 fully saturated rings. The average Bonchev–Trinajstić information content (AvgIpc) is 2.23. The summed E-state index contributed by atoms with van der Waals surface area (Å²) < 4.78 is 0. The highest BCUT2D eigenvalue weighted by Crippen LogP contribution is 1.95. The van der Waals surface area contributed by atoms with E-state index in [1.54, 1.807) is 0 Å². The van der Waals surface area contributed by atoms with Gasteiger partial charge in [-0.25, -0.2) is 0 Å². The van der Waals surface area contributed by atoms with E-state index in [1.807, 2.05) is 6.92 Å². The number of hydrogen-bond acceptors (Lipinski definition) is 4. The molecule has 0 aromatic heterocycles. The van der Waals surface area contributed by atoms with Crippen molar-refractivity contribution in [1.82, 2.24) is 10.2 Å². The van der Waals surface area contributed by atoms with Crippen LogP contribution in [-0.2, 0) is 0 Å². The molecule has 4 N–H and O–H groups in total. The standard InChI is InChI=1S/C11H26N4O/c1-9(2)15(4)7-5-6-13-10(3)8-11(12)14-16/h9-10,13,16H,5-8H2,1-4H3,(H2,12,14). The normalized spacial score (nSPS) is 14.8. The van der Waals surface area contributed by atoms with Crippen molar-refractivity contribution in [3.05, 3.63) is 0 Å². The molecule has 0 spiro atoms. The minimum Gasteiger partial charge on any atom is -0.409 e. The van der Waals surface area contributed by atoms with Crippen LogP contribution in [0, 0.1) is 0 Å². The summed E-state index contributed by atoms with van der Waals surface area (Å²) in [6, 6.07) is 0.842. The molecular formula is C11H26N4O. The van der Waals surface area contributed by atoms with Crippen LogP contribution in [0.3, 0.4) is 0 Å². The number of nitrogens with two attached hydrogens (primary N) is 1. The Kier molecular flexibility index (Phi) is 7.93.